The van der Waals surface area contributed by atoms with Gasteiger partial charge in [0.25, 0.3) is 5.82 Å². The summed E-state index contributed by atoms with van der Waals surface area (Å²) < 4.78 is 40.0. The van der Waals surface area contributed by atoms with Gasteiger partial charge in [0.15, 0.2) is 5.65 Å². The maximum Gasteiger partial charge on any atom is 0.453 e. The summed E-state index contributed by atoms with van der Waals surface area (Å²) in [5.74, 6) is -0.972. The molecule has 11 heteroatoms. The Morgan fingerprint density at radius 1 is 1.13 bits per heavy atom. The molecule has 0 spiro atoms. The van der Waals surface area contributed by atoms with Crippen molar-refractivity contribution in [2.75, 3.05) is 18.0 Å². The van der Waals surface area contributed by atoms with E-state index in [1.165, 1.54) is 6.07 Å². The first-order valence-electron chi connectivity index (χ1n) is 9.83. The molecule has 1 saturated heterocycles. The Balaban J connectivity index is 1.39. The highest BCUT2D eigenvalue weighted by atomic mass is 35.5. The van der Waals surface area contributed by atoms with Crippen molar-refractivity contribution < 1.29 is 18.0 Å². The van der Waals surface area contributed by atoms with Gasteiger partial charge in [-0.3, -0.25) is 4.79 Å². The van der Waals surface area contributed by atoms with Crippen molar-refractivity contribution in [2.45, 2.75) is 32.0 Å². The molecule has 1 fully saturated rings. The van der Waals surface area contributed by atoms with E-state index < -0.39 is 12.0 Å². The molecule has 1 atom stereocenters. The van der Waals surface area contributed by atoms with Crippen LogP contribution in [0.3, 0.4) is 0 Å². The van der Waals surface area contributed by atoms with Gasteiger partial charge in [0.1, 0.15) is 5.82 Å². The molecule has 1 N–H and O–H groups in total. The molecule has 0 saturated carbocycles. The second kappa shape index (κ2) is 8.33. The molecule has 1 aliphatic heterocycles. The number of amides is 1. The maximum absolute atomic E-state index is 13.1. The molecular formula is C20H20ClF3N6O. The van der Waals surface area contributed by atoms with E-state index in [4.69, 9.17) is 11.6 Å². The molecule has 1 amide bonds. The molecule has 31 heavy (non-hydrogen) atoms. The predicted octanol–water partition coefficient (Wildman–Crippen LogP) is 3.89. The topological polar surface area (TPSA) is 75.4 Å². The largest absolute Gasteiger partial charge is 0.453 e. The van der Waals surface area contributed by atoms with Crippen molar-refractivity contribution in [1.29, 1.82) is 0 Å². The zero-order chi connectivity index (χ0) is 22.2. The fourth-order valence-electron chi connectivity index (χ4n) is 3.66. The van der Waals surface area contributed by atoms with Gasteiger partial charge in [0, 0.05) is 24.0 Å². The van der Waals surface area contributed by atoms with E-state index in [2.05, 4.69) is 20.6 Å². The van der Waals surface area contributed by atoms with Gasteiger partial charge in [-0.2, -0.15) is 17.7 Å². The smallest absolute Gasteiger partial charge is 0.355 e. The third kappa shape index (κ3) is 4.58. The van der Waals surface area contributed by atoms with E-state index in [1.807, 2.05) is 24.0 Å². The molecule has 1 aromatic carbocycles. The number of nitrogens with zero attached hydrogens (tertiary/aromatic N) is 5. The highest BCUT2D eigenvalue weighted by molar-refractivity contribution is 6.30. The molecule has 0 radical (unpaired) electrons. The predicted molar refractivity (Wildman–Crippen MR) is 109 cm³/mol. The van der Waals surface area contributed by atoms with Gasteiger partial charge < -0.3 is 10.2 Å². The van der Waals surface area contributed by atoms with Crippen LogP contribution in [-0.2, 0) is 11.0 Å². The fourth-order valence-corrected chi connectivity index (χ4v) is 3.79. The van der Waals surface area contributed by atoms with Crippen molar-refractivity contribution in [1.82, 2.24) is 25.1 Å². The number of anilines is 1. The molecule has 4 rings (SSSR count). The van der Waals surface area contributed by atoms with Gasteiger partial charge in [0.2, 0.25) is 5.91 Å². The summed E-state index contributed by atoms with van der Waals surface area (Å²) in [4.78, 5) is 14.5. The lowest BCUT2D eigenvalue weighted by atomic mass is 9.95. The molecule has 3 aromatic rings. The number of piperidine rings is 1. The second-order valence-corrected chi connectivity index (χ2v) is 7.96. The highest BCUT2D eigenvalue weighted by Gasteiger charge is 2.38. The van der Waals surface area contributed by atoms with Crippen LogP contribution < -0.4 is 10.2 Å². The van der Waals surface area contributed by atoms with Gasteiger partial charge in [-0.05, 0) is 49.6 Å². The van der Waals surface area contributed by atoms with Crippen LogP contribution in [0, 0.1) is 5.92 Å². The molecule has 0 aliphatic carbocycles. The van der Waals surface area contributed by atoms with E-state index >= 15 is 0 Å². The summed E-state index contributed by atoms with van der Waals surface area (Å²) >= 11 is 5.90. The summed E-state index contributed by atoms with van der Waals surface area (Å²) in [7, 11) is 0. The average molecular weight is 453 g/mol. The van der Waals surface area contributed by atoms with Gasteiger partial charge in [-0.15, -0.1) is 15.3 Å². The van der Waals surface area contributed by atoms with Gasteiger partial charge in [-0.25, -0.2) is 0 Å². The molecule has 3 heterocycles. The van der Waals surface area contributed by atoms with Crippen molar-refractivity contribution in [3.05, 3.63) is 52.8 Å². The molecule has 0 bridgehead atoms. The third-order valence-electron chi connectivity index (χ3n) is 5.42. The van der Waals surface area contributed by atoms with Crippen LogP contribution in [0.4, 0.5) is 19.0 Å². The normalized spacial score (nSPS) is 16.5. The number of carbonyl (C=O) groups is 1. The molecule has 2 aromatic heterocycles. The van der Waals surface area contributed by atoms with Crippen molar-refractivity contribution in [3.63, 3.8) is 0 Å². The number of rotatable bonds is 4. The summed E-state index contributed by atoms with van der Waals surface area (Å²) in [6.07, 6.45) is -3.49. The van der Waals surface area contributed by atoms with Crippen LogP contribution in [0.1, 0.15) is 37.2 Å². The zero-order valence-electron chi connectivity index (χ0n) is 16.6. The number of benzene rings is 1. The summed E-state index contributed by atoms with van der Waals surface area (Å²) in [6.45, 7) is 2.93. The van der Waals surface area contributed by atoms with Crippen LogP contribution in [0.25, 0.3) is 5.65 Å². The average Bonchev–Trinajstić information content (AvgIpc) is 3.18. The molecule has 164 valence electrons. The number of halogens is 4. The quantitative estimate of drug-likeness (QED) is 0.650. The van der Waals surface area contributed by atoms with Crippen LogP contribution in [-0.4, -0.2) is 38.8 Å². The Hall–Kier alpha value is -2.88. The van der Waals surface area contributed by atoms with Crippen molar-refractivity contribution >= 4 is 29.0 Å². The molecule has 0 unspecified atom stereocenters. The number of hydrogen-bond acceptors (Lipinski definition) is 5. The number of fused-ring (bicyclic) bond motifs is 1. The maximum atomic E-state index is 13.1. The lowest BCUT2D eigenvalue weighted by Gasteiger charge is -2.32. The number of aromatic nitrogens is 4. The fraction of sp³-hybridized carbons (Fsp3) is 0.400. The van der Waals surface area contributed by atoms with Gasteiger partial charge in [0.05, 0.1) is 6.04 Å². The third-order valence-corrected chi connectivity index (χ3v) is 5.67. The first-order chi connectivity index (χ1) is 14.7. The van der Waals surface area contributed by atoms with Crippen molar-refractivity contribution in [2.24, 2.45) is 5.92 Å². The number of carbonyl (C=O) groups excluding carboxylic acids is 1. The summed E-state index contributed by atoms with van der Waals surface area (Å²) in [5.41, 5.74) is 0.989. The Labute approximate surface area is 181 Å². The Morgan fingerprint density at radius 3 is 2.45 bits per heavy atom. The lowest BCUT2D eigenvalue weighted by Crippen LogP contribution is -2.41. The first kappa shape index (κ1) is 21.4. The lowest BCUT2D eigenvalue weighted by molar-refractivity contribution is -0.146. The highest BCUT2D eigenvalue weighted by Crippen LogP contribution is 2.29. The van der Waals surface area contributed by atoms with E-state index in [9.17, 15) is 18.0 Å². The monoisotopic (exact) mass is 452 g/mol. The van der Waals surface area contributed by atoms with E-state index in [-0.39, 0.29) is 23.5 Å². The Kier molecular flexibility index (Phi) is 5.74. The van der Waals surface area contributed by atoms with Gasteiger partial charge >= 0.3 is 6.18 Å². The van der Waals surface area contributed by atoms with Crippen LogP contribution in [0.2, 0.25) is 5.02 Å². The SMILES string of the molecule is C[C@@H](NC(=O)C1CCN(c2ccc3nnc(C(F)(F)F)n3n2)CC1)c1ccc(Cl)cc1. The number of hydrogen-bond donors (Lipinski definition) is 1. The van der Waals surface area contributed by atoms with Crippen LogP contribution in [0.15, 0.2) is 36.4 Å². The van der Waals surface area contributed by atoms with Crippen molar-refractivity contribution in [3.8, 4) is 0 Å². The number of nitrogens with one attached hydrogen (secondary N) is 1. The van der Waals surface area contributed by atoms with E-state index in [0.717, 1.165) is 5.56 Å². The standard InChI is InChI=1S/C20H20ClF3N6O/c1-12(13-2-4-15(21)5-3-13)25-18(31)14-8-10-29(11-9-14)17-7-6-16-26-27-19(20(22,23)24)30(16)28-17/h2-7,12,14H,8-11H2,1H3,(H,25,31)/t12-/m1/s1. The zero-order valence-corrected chi connectivity index (χ0v) is 17.4. The minimum Gasteiger partial charge on any atom is -0.355 e. The minimum atomic E-state index is -4.64. The van der Waals surface area contributed by atoms with E-state index in [0.29, 0.717) is 41.3 Å². The molecule has 1 aliphatic rings. The van der Waals surface area contributed by atoms with E-state index in [1.54, 1.807) is 18.2 Å². The summed E-state index contributed by atoms with van der Waals surface area (Å²) in [6, 6.07) is 10.2. The minimum absolute atomic E-state index is 0.0292. The first-order valence-corrected chi connectivity index (χ1v) is 10.2. The molecular weight excluding hydrogens is 433 g/mol. The van der Waals surface area contributed by atoms with Gasteiger partial charge in [-0.1, -0.05) is 23.7 Å². The van der Waals surface area contributed by atoms with Crippen LogP contribution in [0.5, 0.6) is 0 Å². The number of alkyl halides is 3. The second-order valence-electron chi connectivity index (χ2n) is 7.53. The Morgan fingerprint density at radius 2 is 1.81 bits per heavy atom. The summed E-state index contributed by atoms with van der Waals surface area (Å²) in [5, 5.41) is 14.4. The molecule has 7 nitrogen and oxygen atoms in total. The Bertz CT molecular complexity index is 1080. The van der Waals surface area contributed by atoms with Crippen LogP contribution >= 0.6 is 11.6 Å².